The van der Waals surface area contributed by atoms with Crippen molar-refractivity contribution in [2.45, 2.75) is 33.2 Å². The van der Waals surface area contributed by atoms with Crippen LogP contribution in [0.15, 0.2) is 11.3 Å². The van der Waals surface area contributed by atoms with Gasteiger partial charge in [0.05, 0.1) is 6.04 Å². The maximum Gasteiger partial charge on any atom is 0.321 e. The smallest absolute Gasteiger partial charge is 0.321 e. The monoisotopic (exact) mass is 196 g/mol. The van der Waals surface area contributed by atoms with E-state index in [0.717, 1.165) is 17.7 Å². The van der Waals surface area contributed by atoms with Crippen molar-refractivity contribution < 1.29 is 9.59 Å². The first-order valence-corrected chi connectivity index (χ1v) is 4.75. The number of nitrogens with zero attached hydrogens (tertiary/aromatic N) is 1. The van der Waals surface area contributed by atoms with Crippen LogP contribution in [0.3, 0.4) is 0 Å². The summed E-state index contributed by atoms with van der Waals surface area (Å²) in [6.07, 6.45) is 0.742. The topological polar surface area (TPSA) is 49.4 Å². The van der Waals surface area contributed by atoms with Crippen LogP contribution >= 0.6 is 0 Å². The minimum absolute atomic E-state index is 0.0289. The van der Waals surface area contributed by atoms with Crippen LogP contribution in [0.1, 0.15) is 27.2 Å². The Hall–Kier alpha value is -1.32. The molecule has 0 saturated carbocycles. The lowest BCUT2D eigenvalue weighted by Crippen LogP contribution is -2.49. The summed E-state index contributed by atoms with van der Waals surface area (Å²) in [6.45, 7) is 5.29. The van der Waals surface area contributed by atoms with Crippen LogP contribution in [-0.2, 0) is 4.79 Å². The van der Waals surface area contributed by atoms with Crippen molar-refractivity contribution in [3.63, 3.8) is 0 Å². The van der Waals surface area contributed by atoms with Crippen LogP contribution < -0.4 is 5.32 Å². The fraction of sp³-hybridized carbons (Fsp3) is 0.600. The molecule has 0 bridgehead atoms. The molecule has 4 heteroatoms. The van der Waals surface area contributed by atoms with Crippen molar-refractivity contribution in [3.05, 3.63) is 11.3 Å². The molecule has 1 rings (SSSR count). The van der Waals surface area contributed by atoms with E-state index >= 15 is 0 Å². The largest absolute Gasteiger partial charge is 0.331 e. The number of allylic oxidation sites excluding steroid dienone is 1. The molecule has 1 aliphatic rings. The molecule has 1 heterocycles. The number of hydrogen-bond donors (Lipinski definition) is 1. The van der Waals surface area contributed by atoms with Gasteiger partial charge >= 0.3 is 6.03 Å². The highest BCUT2D eigenvalue weighted by molar-refractivity contribution is 5.98. The van der Waals surface area contributed by atoms with E-state index in [1.165, 1.54) is 11.8 Å². The number of hydrogen-bond acceptors (Lipinski definition) is 2. The third kappa shape index (κ3) is 1.64. The predicted octanol–water partition coefficient (Wildman–Crippen LogP) is 1.28. The zero-order chi connectivity index (χ0) is 10.9. The Morgan fingerprint density at radius 1 is 1.57 bits per heavy atom. The zero-order valence-electron chi connectivity index (χ0n) is 9.05. The lowest BCUT2D eigenvalue weighted by molar-refractivity contribution is -0.114. The molecule has 0 radical (unpaired) electrons. The van der Waals surface area contributed by atoms with Crippen molar-refractivity contribution in [2.24, 2.45) is 0 Å². The number of urea groups is 1. The van der Waals surface area contributed by atoms with Gasteiger partial charge in [-0.1, -0.05) is 6.92 Å². The van der Waals surface area contributed by atoms with Gasteiger partial charge in [0.1, 0.15) is 0 Å². The van der Waals surface area contributed by atoms with E-state index < -0.39 is 0 Å². The first-order valence-electron chi connectivity index (χ1n) is 4.75. The average molecular weight is 196 g/mol. The third-order valence-electron chi connectivity index (χ3n) is 2.63. The third-order valence-corrected chi connectivity index (χ3v) is 2.63. The van der Waals surface area contributed by atoms with Crippen molar-refractivity contribution in [3.8, 4) is 0 Å². The lowest BCUT2D eigenvalue weighted by Gasteiger charge is -2.32. The molecule has 0 aromatic rings. The van der Waals surface area contributed by atoms with Gasteiger partial charge in [0, 0.05) is 18.3 Å². The lowest BCUT2D eigenvalue weighted by atomic mass is 9.97. The Bertz CT molecular complexity index is 307. The molecule has 78 valence electrons. The van der Waals surface area contributed by atoms with Crippen molar-refractivity contribution in [2.75, 3.05) is 7.05 Å². The fourth-order valence-corrected chi connectivity index (χ4v) is 1.71. The van der Waals surface area contributed by atoms with E-state index in [9.17, 15) is 9.59 Å². The summed E-state index contributed by atoms with van der Waals surface area (Å²) in [7, 11) is 1.67. The van der Waals surface area contributed by atoms with Crippen molar-refractivity contribution in [1.29, 1.82) is 0 Å². The second kappa shape index (κ2) is 3.82. The van der Waals surface area contributed by atoms with E-state index in [2.05, 4.69) is 5.32 Å². The SMILES string of the molecule is CCC1NC(=O)N(C)C(C)=C1C(C)=O. The van der Waals surface area contributed by atoms with Crippen LogP contribution in [0.4, 0.5) is 4.79 Å². The number of rotatable bonds is 2. The Morgan fingerprint density at radius 2 is 2.14 bits per heavy atom. The molecule has 1 aliphatic heterocycles. The maximum absolute atomic E-state index is 11.4. The van der Waals surface area contributed by atoms with Gasteiger partial charge in [-0.05, 0) is 20.3 Å². The molecule has 2 amide bonds. The van der Waals surface area contributed by atoms with Crippen LogP contribution in [-0.4, -0.2) is 29.8 Å². The highest BCUT2D eigenvalue weighted by Gasteiger charge is 2.29. The summed E-state index contributed by atoms with van der Waals surface area (Å²) in [5, 5.41) is 2.79. The minimum atomic E-state index is -0.139. The number of carbonyl (C=O) groups is 2. The molecule has 0 aliphatic carbocycles. The van der Waals surface area contributed by atoms with E-state index in [-0.39, 0.29) is 17.9 Å². The van der Waals surface area contributed by atoms with Gasteiger partial charge in [0.15, 0.2) is 5.78 Å². The molecule has 0 fully saturated rings. The van der Waals surface area contributed by atoms with Crippen LogP contribution in [0.2, 0.25) is 0 Å². The predicted molar refractivity (Wildman–Crippen MR) is 53.8 cm³/mol. The first-order chi connectivity index (χ1) is 6.49. The number of amides is 2. The summed E-state index contributed by atoms with van der Waals surface area (Å²) < 4.78 is 0. The second-order valence-corrected chi connectivity index (χ2v) is 3.52. The summed E-state index contributed by atoms with van der Waals surface area (Å²) in [4.78, 5) is 24.3. The molecule has 0 aromatic heterocycles. The van der Waals surface area contributed by atoms with Gasteiger partial charge in [-0.25, -0.2) is 4.79 Å². The van der Waals surface area contributed by atoms with Gasteiger partial charge in [-0.2, -0.15) is 0 Å². The Balaban J connectivity index is 3.15. The Labute approximate surface area is 84.0 Å². The normalized spacial score (nSPS) is 22.4. The Kier molecular flexibility index (Phi) is 2.93. The average Bonchev–Trinajstić information content (AvgIpc) is 2.12. The molecule has 1 N–H and O–H groups in total. The minimum Gasteiger partial charge on any atom is -0.331 e. The van der Waals surface area contributed by atoms with E-state index in [1.807, 2.05) is 6.92 Å². The standard InChI is InChI=1S/C10H16N2O2/c1-5-8-9(7(3)13)6(2)12(4)10(14)11-8/h8H,5H2,1-4H3,(H,11,14). The van der Waals surface area contributed by atoms with E-state index in [0.29, 0.717) is 0 Å². The van der Waals surface area contributed by atoms with E-state index in [1.54, 1.807) is 14.0 Å². The second-order valence-electron chi connectivity index (χ2n) is 3.52. The van der Waals surface area contributed by atoms with Crippen molar-refractivity contribution in [1.82, 2.24) is 10.2 Å². The summed E-state index contributed by atoms with van der Waals surface area (Å²) >= 11 is 0. The fourth-order valence-electron chi connectivity index (χ4n) is 1.71. The van der Waals surface area contributed by atoms with Gasteiger partial charge in [0.2, 0.25) is 0 Å². The highest BCUT2D eigenvalue weighted by atomic mass is 16.2. The molecule has 0 saturated heterocycles. The number of Topliss-reactive ketones (excluding diaryl/α,β-unsaturated/α-hetero) is 1. The highest BCUT2D eigenvalue weighted by Crippen LogP contribution is 2.20. The quantitative estimate of drug-likeness (QED) is 0.723. The molecule has 0 aromatic carbocycles. The van der Waals surface area contributed by atoms with Gasteiger partial charge in [-0.3, -0.25) is 4.79 Å². The number of carbonyl (C=O) groups excluding carboxylic acids is 2. The molecule has 1 unspecified atom stereocenters. The van der Waals surface area contributed by atoms with Gasteiger partial charge in [-0.15, -0.1) is 0 Å². The van der Waals surface area contributed by atoms with Crippen LogP contribution in [0.25, 0.3) is 0 Å². The molecular formula is C10H16N2O2. The van der Waals surface area contributed by atoms with Gasteiger partial charge < -0.3 is 10.2 Å². The molecule has 0 spiro atoms. The summed E-state index contributed by atoms with van der Waals surface area (Å²) in [5.41, 5.74) is 1.47. The van der Waals surface area contributed by atoms with Crippen molar-refractivity contribution >= 4 is 11.8 Å². The molecule has 1 atom stereocenters. The van der Waals surface area contributed by atoms with Gasteiger partial charge in [0.25, 0.3) is 0 Å². The molecule has 4 nitrogen and oxygen atoms in total. The first kappa shape index (κ1) is 10.8. The van der Waals surface area contributed by atoms with E-state index in [4.69, 9.17) is 0 Å². The number of nitrogens with one attached hydrogen (secondary N) is 1. The zero-order valence-corrected chi connectivity index (χ0v) is 9.05. The van der Waals surface area contributed by atoms with Crippen LogP contribution in [0, 0.1) is 0 Å². The molecular weight excluding hydrogens is 180 g/mol. The molecule has 14 heavy (non-hydrogen) atoms. The Morgan fingerprint density at radius 3 is 2.57 bits per heavy atom. The summed E-state index contributed by atoms with van der Waals surface area (Å²) in [6, 6.07) is -0.268. The maximum atomic E-state index is 11.4. The summed E-state index contributed by atoms with van der Waals surface area (Å²) in [5.74, 6) is 0.0289. The van der Waals surface area contributed by atoms with Crippen LogP contribution in [0.5, 0.6) is 0 Å². The number of ketones is 1.